The lowest BCUT2D eigenvalue weighted by atomic mass is 10.3. The molecule has 0 aliphatic heterocycles. The minimum atomic E-state index is -3.95. The van der Waals surface area contributed by atoms with Crippen molar-refractivity contribution in [3.8, 4) is 0 Å². The van der Waals surface area contributed by atoms with Gasteiger partial charge in [-0.05, 0) is 30.7 Å². The number of aliphatic hydroxyl groups is 1. The molecule has 1 N–H and O–H groups in total. The van der Waals surface area contributed by atoms with Crippen LogP contribution in [0.15, 0.2) is 47.6 Å². The number of para-hydroxylation sites is 1. The Morgan fingerprint density at radius 1 is 1.24 bits per heavy atom. The number of hydrogen-bond donors (Lipinski definition) is 1. The molecule has 0 atom stereocenters. The topological polar surface area (TPSA) is 70.5 Å². The molecule has 0 aliphatic carbocycles. The standard InChI is InChI=1S/C14H15FN2O3S/c1-2-17(13-6-4-3-5-12(13)15)21(19,20)14-8-7-11(10-18)9-16-14/h3-9,18H,2,10H2,1H3. The van der Waals surface area contributed by atoms with E-state index in [9.17, 15) is 12.8 Å². The molecule has 0 unspecified atom stereocenters. The molecule has 0 spiro atoms. The number of aromatic nitrogens is 1. The van der Waals surface area contributed by atoms with E-state index in [0.29, 0.717) is 5.56 Å². The lowest BCUT2D eigenvalue weighted by Crippen LogP contribution is -2.32. The van der Waals surface area contributed by atoms with Gasteiger partial charge in [-0.25, -0.2) is 9.37 Å². The third-order valence-corrected chi connectivity index (χ3v) is 4.75. The van der Waals surface area contributed by atoms with Crippen molar-refractivity contribution >= 4 is 15.7 Å². The highest BCUT2D eigenvalue weighted by Gasteiger charge is 2.26. The van der Waals surface area contributed by atoms with Crippen molar-refractivity contribution in [3.63, 3.8) is 0 Å². The third kappa shape index (κ3) is 3.03. The summed E-state index contributed by atoms with van der Waals surface area (Å²) in [6, 6.07) is 8.43. The minimum Gasteiger partial charge on any atom is -0.392 e. The van der Waals surface area contributed by atoms with Gasteiger partial charge in [0.1, 0.15) is 5.82 Å². The highest BCUT2D eigenvalue weighted by molar-refractivity contribution is 7.92. The first kappa shape index (κ1) is 15.4. The molecule has 7 heteroatoms. The van der Waals surface area contributed by atoms with Gasteiger partial charge in [-0.3, -0.25) is 4.31 Å². The Balaban J connectivity index is 2.47. The zero-order valence-electron chi connectivity index (χ0n) is 11.4. The Bertz CT molecular complexity index is 717. The summed E-state index contributed by atoms with van der Waals surface area (Å²) in [7, 11) is -3.95. The molecule has 0 saturated heterocycles. The molecule has 0 radical (unpaired) electrons. The summed E-state index contributed by atoms with van der Waals surface area (Å²) in [5.41, 5.74) is 0.482. The average molecular weight is 310 g/mol. The normalized spacial score (nSPS) is 11.4. The Hall–Kier alpha value is -1.99. The fourth-order valence-electron chi connectivity index (χ4n) is 1.89. The summed E-state index contributed by atoms with van der Waals surface area (Å²) in [6.45, 7) is 1.47. The van der Waals surface area contributed by atoms with Crippen molar-refractivity contribution < 1.29 is 17.9 Å². The number of hydrogen-bond acceptors (Lipinski definition) is 4. The quantitative estimate of drug-likeness (QED) is 0.916. The van der Waals surface area contributed by atoms with E-state index >= 15 is 0 Å². The monoisotopic (exact) mass is 310 g/mol. The molecule has 1 aromatic carbocycles. The third-order valence-electron chi connectivity index (χ3n) is 2.94. The summed E-state index contributed by atoms with van der Waals surface area (Å²) in [5, 5.41) is 8.76. The number of sulfonamides is 1. The molecular formula is C14H15FN2O3S. The zero-order chi connectivity index (χ0) is 15.5. The summed E-state index contributed by atoms with van der Waals surface area (Å²) in [5.74, 6) is -0.616. The van der Waals surface area contributed by atoms with Crippen molar-refractivity contribution in [1.82, 2.24) is 4.98 Å². The largest absolute Gasteiger partial charge is 0.392 e. The molecule has 5 nitrogen and oxygen atoms in total. The molecule has 2 aromatic rings. The maximum Gasteiger partial charge on any atom is 0.281 e. The summed E-state index contributed by atoms with van der Waals surface area (Å²) >= 11 is 0. The predicted octanol–water partition coefficient (Wildman–Crippen LogP) is 1.93. The summed E-state index contributed by atoms with van der Waals surface area (Å²) in [6.07, 6.45) is 1.28. The van der Waals surface area contributed by atoms with Gasteiger partial charge < -0.3 is 5.11 Å². The lowest BCUT2D eigenvalue weighted by Gasteiger charge is -2.22. The number of pyridine rings is 1. The first-order chi connectivity index (χ1) is 10.0. The second-order valence-electron chi connectivity index (χ2n) is 4.28. The van der Waals surface area contributed by atoms with Crippen molar-refractivity contribution in [3.05, 3.63) is 54.0 Å². The van der Waals surface area contributed by atoms with E-state index in [0.717, 1.165) is 4.31 Å². The number of anilines is 1. The van der Waals surface area contributed by atoms with Crippen LogP contribution in [0.5, 0.6) is 0 Å². The first-order valence-electron chi connectivity index (χ1n) is 6.33. The van der Waals surface area contributed by atoms with Gasteiger partial charge in [-0.1, -0.05) is 18.2 Å². The van der Waals surface area contributed by atoms with Crippen molar-refractivity contribution in [2.75, 3.05) is 10.8 Å². The van der Waals surface area contributed by atoms with E-state index in [-0.39, 0.29) is 23.9 Å². The SMILES string of the molecule is CCN(c1ccccc1F)S(=O)(=O)c1ccc(CO)cn1. The molecular weight excluding hydrogens is 295 g/mol. The van der Waals surface area contributed by atoms with Crippen LogP contribution in [0.2, 0.25) is 0 Å². The van der Waals surface area contributed by atoms with Crippen molar-refractivity contribution in [2.24, 2.45) is 0 Å². The number of rotatable bonds is 5. The predicted molar refractivity (Wildman–Crippen MR) is 76.8 cm³/mol. The zero-order valence-corrected chi connectivity index (χ0v) is 12.2. The van der Waals surface area contributed by atoms with Crippen LogP contribution in [-0.2, 0) is 16.6 Å². The van der Waals surface area contributed by atoms with E-state index < -0.39 is 15.8 Å². The van der Waals surface area contributed by atoms with Crippen LogP contribution in [0.3, 0.4) is 0 Å². The fraction of sp³-hybridized carbons (Fsp3) is 0.214. The Labute approximate surface area is 122 Å². The van der Waals surface area contributed by atoms with Crippen LogP contribution in [-0.4, -0.2) is 25.1 Å². The van der Waals surface area contributed by atoms with Crippen LogP contribution >= 0.6 is 0 Å². The molecule has 2 rings (SSSR count). The molecule has 0 amide bonds. The van der Waals surface area contributed by atoms with Crippen LogP contribution < -0.4 is 4.31 Å². The van der Waals surface area contributed by atoms with Crippen molar-refractivity contribution in [1.29, 1.82) is 0 Å². The highest BCUT2D eigenvalue weighted by Crippen LogP contribution is 2.25. The molecule has 0 aliphatic rings. The van der Waals surface area contributed by atoms with Gasteiger partial charge >= 0.3 is 0 Å². The van der Waals surface area contributed by atoms with E-state index in [4.69, 9.17) is 5.11 Å². The van der Waals surface area contributed by atoms with Gasteiger partial charge in [-0.2, -0.15) is 8.42 Å². The molecule has 0 fully saturated rings. The Kier molecular flexibility index (Phi) is 4.54. The smallest absolute Gasteiger partial charge is 0.281 e. The Morgan fingerprint density at radius 3 is 2.48 bits per heavy atom. The molecule has 1 heterocycles. The number of aliphatic hydroxyl groups excluding tert-OH is 1. The summed E-state index contributed by atoms with van der Waals surface area (Å²) in [4.78, 5) is 3.83. The number of benzene rings is 1. The van der Waals surface area contributed by atoms with Crippen molar-refractivity contribution in [2.45, 2.75) is 18.6 Å². The van der Waals surface area contributed by atoms with E-state index in [2.05, 4.69) is 4.98 Å². The van der Waals surface area contributed by atoms with Crippen LogP contribution in [0, 0.1) is 5.82 Å². The summed E-state index contributed by atoms with van der Waals surface area (Å²) < 4.78 is 39.9. The van der Waals surface area contributed by atoms with Crippen LogP contribution in [0.25, 0.3) is 0 Å². The first-order valence-corrected chi connectivity index (χ1v) is 7.77. The van der Waals surface area contributed by atoms with E-state index in [1.165, 1.54) is 36.5 Å². The molecule has 0 bridgehead atoms. The lowest BCUT2D eigenvalue weighted by molar-refractivity contribution is 0.281. The molecule has 112 valence electrons. The molecule has 0 saturated carbocycles. The second kappa shape index (κ2) is 6.19. The molecule has 1 aromatic heterocycles. The number of nitrogens with zero attached hydrogens (tertiary/aromatic N) is 2. The van der Waals surface area contributed by atoms with Crippen LogP contribution in [0.1, 0.15) is 12.5 Å². The number of halogens is 1. The van der Waals surface area contributed by atoms with Gasteiger partial charge in [0.05, 0.1) is 12.3 Å². The van der Waals surface area contributed by atoms with Gasteiger partial charge in [0.15, 0.2) is 5.03 Å². The second-order valence-corrected chi connectivity index (χ2v) is 6.09. The minimum absolute atomic E-state index is 0.0203. The van der Waals surface area contributed by atoms with Gasteiger partial charge in [0, 0.05) is 12.7 Å². The van der Waals surface area contributed by atoms with Gasteiger partial charge in [0.25, 0.3) is 10.0 Å². The van der Waals surface area contributed by atoms with E-state index in [1.54, 1.807) is 13.0 Å². The fourth-order valence-corrected chi connectivity index (χ4v) is 3.29. The molecule has 21 heavy (non-hydrogen) atoms. The highest BCUT2D eigenvalue weighted by atomic mass is 32.2. The van der Waals surface area contributed by atoms with Crippen LogP contribution in [0.4, 0.5) is 10.1 Å². The average Bonchev–Trinajstić information content (AvgIpc) is 2.50. The Morgan fingerprint density at radius 2 is 1.95 bits per heavy atom. The maximum atomic E-state index is 13.8. The van der Waals surface area contributed by atoms with E-state index in [1.807, 2.05) is 0 Å². The van der Waals surface area contributed by atoms with Gasteiger partial charge in [-0.15, -0.1) is 0 Å². The maximum absolute atomic E-state index is 13.8. The van der Waals surface area contributed by atoms with Gasteiger partial charge in [0.2, 0.25) is 0 Å².